The quantitative estimate of drug-likeness (QED) is 0.810. The molecule has 0 heterocycles. The molecular formula is C15H24O3. The van der Waals surface area contributed by atoms with Gasteiger partial charge in [0.05, 0.1) is 13.2 Å². The highest BCUT2D eigenvalue weighted by Crippen LogP contribution is 2.22. The maximum Gasteiger partial charge on any atom is 0.118 e. The molecule has 1 N–H and O–H groups in total. The van der Waals surface area contributed by atoms with Crippen LogP contribution in [-0.4, -0.2) is 24.9 Å². The summed E-state index contributed by atoms with van der Waals surface area (Å²) in [5.41, 5.74) is 0.854. The van der Waals surface area contributed by atoms with E-state index in [0.717, 1.165) is 17.7 Å². The minimum Gasteiger partial charge on any atom is -0.497 e. The molecule has 102 valence electrons. The summed E-state index contributed by atoms with van der Waals surface area (Å²) in [6, 6.07) is 7.43. The lowest BCUT2D eigenvalue weighted by molar-refractivity contribution is -0.0311. The number of aliphatic hydroxyl groups excluding tert-OH is 1. The van der Waals surface area contributed by atoms with Gasteiger partial charge in [0.15, 0.2) is 0 Å². The van der Waals surface area contributed by atoms with Crippen LogP contribution in [0.15, 0.2) is 24.3 Å². The number of hydrogen-bond donors (Lipinski definition) is 1. The van der Waals surface area contributed by atoms with Gasteiger partial charge in [0.25, 0.3) is 0 Å². The van der Waals surface area contributed by atoms with Gasteiger partial charge in [0.2, 0.25) is 0 Å². The first-order valence-electron chi connectivity index (χ1n) is 6.48. The van der Waals surface area contributed by atoms with E-state index in [-0.39, 0.29) is 6.10 Å². The monoisotopic (exact) mass is 252 g/mol. The molecule has 1 rings (SSSR count). The van der Waals surface area contributed by atoms with Gasteiger partial charge in [-0.15, -0.1) is 0 Å². The van der Waals surface area contributed by atoms with Crippen LogP contribution in [0.3, 0.4) is 0 Å². The Morgan fingerprint density at radius 3 is 2.22 bits per heavy atom. The van der Waals surface area contributed by atoms with Crippen molar-refractivity contribution in [1.29, 1.82) is 0 Å². The fourth-order valence-corrected chi connectivity index (χ4v) is 1.65. The molecule has 3 nitrogen and oxygen atoms in total. The molecule has 0 aliphatic rings. The Bertz CT molecular complexity index is 332. The summed E-state index contributed by atoms with van der Waals surface area (Å²) in [5, 5.41) is 10.2. The molecule has 1 aromatic carbocycles. The van der Waals surface area contributed by atoms with E-state index in [9.17, 15) is 5.11 Å². The van der Waals surface area contributed by atoms with Crippen molar-refractivity contribution in [2.45, 2.75) is 39.4 Å². The Morgan fingerprint density at radius 2 is 1.72 bits per heavy atom. The molecule has 2 atom stereocenters. The summed E-state index contributed by atoms with van der Waals surface area (Å²) < 4.78 is 10.7. The van der Waals surface area contributed by atoms with Crippen LogP contribution >= 0.6 is 0 Å². The van der Waals surface area contributed by atoms with Gasteiger partial charge in [-0.05, 0) is 37.0 Å². The van der Waals surface area contributed by atoms with E-state index in [1.54, 1.807) is 7.11 Å². The Morgan fingerprint density at radius 1 is 1.11 bits per heavy atom. The number of benzene rings is 1. The van der Waals surface area contributed by atoms with Gasteiger partial charge in [-0.25, -0.2) is 0 Å². The SMILES string of the molecule is COc1ccc(C(O)C(C)OCCC(C)C)cc1. The lowest BCUT2D eigenvalue weighted by Crippen LogP contribution is -2.19. The van der Waals surface area contributed by atoms with Crippen LogP contribution in [0.5, 0.6) is 5.75 Å². The summed E-state index contributed by atoms with van der Waals surface area (Å²) in [7, 11) is 1.63. The molecule has 0 saturated heterocycles. The topological polar surface area (TPSA) is 38.7 Å². The number of aliphatic hydroxyl groups is 1. The number of ether oxygens (including phenoxy) is 2. The van der Waals surface area contributed by atoms with Crippen LogP contribution in [0.25, 0.3) is 0 Å². The van der Waals surface area contributed by atoms with E-state index in [1.165, 1.54) is 0 Å². The molecule has 18 heavy (non-hydrogen) atoms. The molecule has 2 unspecified atom stereocenters. The van der Waals surface area contributed by atoms with E-state index in [0.29, 0.717) is 12.5 Å². The minimum atomic E-state index is -0.594. The molecule has 0 bridgehead atoms. The van der Waals surface area contributed by atoms with Crippen molar-refractivity contribution in [3.8, 4) is 5.75 Å². The Labute approximate surface area is 110 Å². The Balaban J connectivity index is 2.48. The van der Waals surface area contributed by atoms with Crippen molar-refractivity contribution in [2.75, 3.05) is 13.7 Å². The second kappa shape index (κ2) is 7.39. The molecule has 0 spiro atoms. The van der Waals surface area contributed by atoms with Crippen molar-refractivity contribution in [2.24, 2.45) is 5.92 Å². The van der Waals surface area contributed by atoms with Crippen molar-refractivity contribution in [3.63, 3.8) is 0 Å². The van der Waals surface area contributed by atoms with Crippen LogP contribution in [0.1, 0.15) is 38.9 Å². The van der Waals surface area contributed by atoms with Crippen molar-refractivity contribution < 1.29 is 14.6 Å². The van der Waals surface area contributed by atoms with Crippen molar-refractivity contribution in [3.05, 3.63) is 29.8 Å². The largest absolute Gasteiger partial charge is 0.497 e. The van der Waals surface area contributed by atoms with Crippen LogP contribution in [0.2, 0.25) is 0 Å². The molecule has 0 aromatic heterocycles. The summed E-state index contributed by atoms with van der Waals surface area (Å²) >= 11 is 0. The van der Waals surface area contributed by atoms with Gasteiger partial charge < -0.3 is 14.6 Å². The summed E-state index contributed by atoms with van der Waals surface area (Å²) in [5.74, 6) is 1.41. The number of rotatable bonds is 7. The predicted octanol–water partition coefficient (Wildman–Crippen LogP) is 3.18. The second-order valence-corrected chi connectivity index (χ2v) is 4.98. The van der Waals surface area contributed by atoms with Crippen LogP contribution < -0.4 is 4.74 Å². The zero-order valence-corrected chi connectivity index (χ0v) is 11.7. The van der Waals surface area contributed by atoms with E-state index in [1.807, 2.05) is 31.2 Å². The van der Waals surface area contributed by atoms with E-state index in [2.05, 4.69) is 13.8 Å². The van der Waals surface area contributed by atoms with Gasteiger partial charge in [0, 0.05) is 6.61 Å². The summed E-state index contributed by atoms with van der Waals surface area (Å²) in [4.78, 5) is 0. The fraction of sp³-hybridized carbons (Fsp3) is 0.600. The van der Waals surface area contributed by atoms with E-state index in [4.69, 9.17) is 9.47 Å². The lowest BCUT2D eigenvalue weighted by atomic mass is 10.1. The molecule has 3 heteroatoms. The average Bonchev–Trinajstić information content (AvgIpc) is 2.37. The van der Waals surface area contributed by atoms with Crippen LogP contribution in [0.4, 0.5) is 0 Å². The first kappa shape index (κ1) is 15.0. The zero-order valence-electron chi connectivity index (χ0n) is 11.7. The molecule has 0 saturated carbocycles. The minimum absolute atomic E-state index is 0.197. The third kappa shape index (κ3) is 4.67. The van der Waals surface area contributed by atoms with Gasteiger partial charge in [-0.2, -0.15) is 0 Å². The fourth-order valence-electron chi connectivity index (χ4n) is 1.65. The molecule has 0 aliphatic carbocycles. The van der Waals surface area contributed by atoms with E-state index < -0.39 is 6.10 Å². The highest BCUT2D eigenvalue weighted by molar-refractivity contribution is 5.28. The summed E-state index contributed by atoms with van der Waals surface area (Å²) in [6.45, 7) is 6.91. The number of methoxy groups -OCH3 is 1. The van der Waals surface area contributed by atoms with Gasteiger partial charge >= 0.3 is 0 Å². The third-order valence-electron chi connectivity index (χ3n) is 2.98. The molecular weight excluding hydrogens is 228 g/mol. The molecule has 0 radical (unpaired) electrons. The third-order valence-corrected chi connectivity index (χ3v) is 2.98. The maximum atomic E-state index is 10.2. The Kier molecular flexibility index (Phi) is 6.16. The van der Waals surface area contributed by atoms with Crippen molar-refractivity contribution >= 4 is 0 Å². The second-order valence-electron chi connectivity index (χ2n) is 4.98. The predicted molar refractivity (Wildman–Crippen MR) is 72.8 cm³/mol. The number of hydrogen-bond acceptors (Lipinski definition) is 3. The van der Waals surface area contributed by atoms with Crippen molar-refractivity contribution in [1.82, 2.24) is 0 Å². The molecule has 0 fully saturated rings. The summed E-state index contributed by atoms with van der Waals surface area (Å²) in [6.07, 6.45) is 0.222. The van der Waals surface area contributed by atoms with Gasteiger partial charge in [-0.3, -0.25) is 0 Å². The maximum absolute atomic E-state index is 10.2. The average molecular weight is 252 g/mol. The first-order chi connectivity index (χ1) is 8.54. The van der Waals surface area contributed by atoms with Crippen LogP contribution in [-0.2, 0) is 4.74 Å². The lowest BCUT2D eigenvalue weighted by Gasteiger charge is -2.20. The molecule has 0 aliphatic heterocycles. The standard InChI is InChI=1S/C15H24O3/c1-11(2)9-10-18-12(3)15(16)13-5-7-14(17-4)8-6-13/h5-8,11-12,15-16H,9-10H2,1-4H3. The Hall–Kier alpha value is -1.06. The molecule has 0 amide bonds. The zero-order chi connectivity index (χ0) is 13.5. The highest BCUT2D eigenvalue weighted by atomic mass is 16.5. The normalized spacial score (nSPS) is 14.6. The van der Waals surface area contributed by atoms with Gasteiger partial charge in [-0.1, -0.05) is 26.0 Å². The first-order valence-corrected chi connectivity index (χ1v) is 6.48. The van der Waals surface area contributed by atoms with Crippen LogP contribution in [0, 0.1) is 5.92 Å². The van der Waals surface area contributed by atoms with E-state index >= 15 is 0 Å². The smallest absolute Gasteiger partial charge is 0.118 e. The highest BCUT2D eigenvalue weighted by Gasteiger charge is 2.16. The molecule has 1 aromatic rings. The van der Waals surface area contributed by atoms with Gasteiger partial charge in [0.1, 0.15) is 11.9 Å².